The molecule has 0 saturated heterocycles. The third-order valence-electron chi connectivity index (χ3n) is 3.26. The Balaban J connectivity index is 2.09. The molecule has 0 unspecified atom stereocenters. The normalized spacial score (nSPS) is 14.2. The molecule has 0 radical (unpaired) electrons. The average Bonchev–Trinajstić information content (AvgIpc) is 2.45. The van der Waals surface area contributed by atoms with Crippen molar-refractivity contribution in [1.82, 2.24) is 4.98 Å². The van der Waals surface area contributed by atoms with Crippen molar-refractivity contribution >= 4 is 28.5 Å². The summed E-state index contributed by atoms with van der Waals surface area (Å²) in [5.74, 6) is 0.522. The second-order valence-electron chi connectivity index (χ2n) is 5.25. The summed E-state index contributed by atoms with van der Waals surface area (Å²) in [4.78, 5) is 15.6. The van der Waals surface area contributed by atoms with E-state index in [1.165, 1.54) is 11.8 Å². The highest BCUT2D eigenvalue weighted by Crippen LogP contribution is 2.40. The molecule has 1 aliphatic heterocycles. The molecule has 1 aliphatic rings. The number of ether oxygens (including phenoxy) is 2. The van der Waals surface area contributed by atoms with Crippen LogP contribution >= 0.6 is 11.8 Å². The lowest BCUT2D eigenvalue weighted by atomic mass is 10.1. The summed E-state index contributed by atoms with van der Waals surface area (Å²) in [7, 11) is 0. The third-order valence-corrected chi connectivity index (χ3v) is 4.46. The van der Waals surface area contributed by atoms with Crippen LogP contribution in [0, 0.1) is 0 Å². The molecule has 0 aliphatic carbocycles. The highest BCUT2D eigenvalue weighted by atomic mass is 32.2. The van der Waals surface area contributed by atoms with Gasteiger partial charge in [-0.05, 0) is 37.4 Å². The fourth-order valence-corrected chi connectivity index (χ4v) is 3.02. The van der Waals surface area contributed by atoms with E-state index in [4.69, 9.17) is 9.47 Å². The molecule has 0 amide bonds. The Morgan fingerprint density at radius 1 is 1.29 bits per heavy atom. The van der Waals surface area contributed by atoms with Crippen LogP contribution in [0.25, 0.3) is 10.8 Å². The molecule has 0 bridgehead atoms. The Bertz CT molecular complexity index is 714. The largest absolute Gasteiger partial charge is 0.486 e. The standard InChI is InChI=1S/C15H15NO4S/c1-15(2,14(17)18)21-13-10-8-12-11(19-5-6-20-12)7-9(10)3-4-16-13/h3-4,7-8H,5-6H2,1-2H3,(H,17,18). The van der Waals surface area contributed by atoms with Gasteiger partial charge in [0.1, 0.15) is 23.0 Å². The van der Waals surface area contributed by atoms with Crippen LogP contribution in [0.4, 0.5) is 0 Å². The SMILES string of the molecule is CC(C)(Sc1nccc2cc3c(cc12)OCCO3)C(=O)O. The summed E-state index contributed by atoms with van der Waals surface area (Å²) < 4.78 is 10.2. The zero-order chi connectivity index (χ0) is 15.0. The minimum Gasteiger partial charge on any atom is -0.486 e. The fourth-order valence-electron chi connectivity index (χ4n) is 2.05. The molecule has 1 aromatic heterocycles. The highest BCUT2D eigenvalue weighted by molar-refractivity contribution is 8.01. The Hall–Kier alpha value is -1.95. The molecule has 0 atom stereocenters. The lowest BCUT2D eigenvalue weighted by molar-refractivity contribution is -0.138. The zero-order valence-corrected chi connectivity index (χ0v) is 12.6. The number of hydrogen-bond donors (Lipinski definition) is 1. The quantitative estimate of drug-likeness (QED) is 0.879. The first kappa shape index (κ1) is 14.0. The van der Waals surface area contributed by atoms with Gasteiger partial charge in [0.2, 0.25) is 0 Å². The molecular weight excluding hydrogens is 290 g/mol. The van der Waals surface area contributed by atoms with Crippen molar-refractivity contribution in [1.29, 1.82) is 0 Å². The van der Waals surface area contributed by atoms with E-state index in [1.54, 1.807) is 20.0 Å². The van der Waals surface area contributed by atoms with E-state index in [0.29, 0.717) is 29.7 Å². The van der Waals surface area contributed by atoms with Gasteiger partial charge in [-0.15, -0.1) is 0 Å². The van der Waals surface area contributed by atoms with Crippen LogP contribution < -0.4 is 9.47 Å². The van der Waals surface area contributed by atoms with Crippen molar-refractivity contribution in [3.63, 3.8) is 0 Å². The fraction of sp³-hybridized carbons (Fsp3) is 0.333. The highest BCUT2D eigenvalue weighted by Gasteiger charge is 2.30. The number of rotatable bonds is 3. The summed E-state index contributed by atoms with van der Waals surface area (Å²) in [5, 5.41) is 11.8. The Morgan fingerprint density at radius 2 is 1.95 bits per heavy atom. The van der Waals surface area contributed by atoms with E-state index in [-0.39, 0.29) is 0 Å². The van der Waals surface area contributed by atoms with Crippen molar-refractivity contribution in [2.24, 2.45) is 0 Å². The Labute approximate surface area is 126 Å². The molecule has 2 aromatic rings. The number of aliphatic carboxylic acids is 1. The summed E-state index contributed by atoms with van der Waals surface area (Å²) in [6, 6.07) is 5.66. The number of carboxylic acid groups (broad SMARTS) is 1. The first-order valence-corrected chi connectivity index (χ1v) is 7.40. The second kappa shape index (κ2) is 5.11. The molecule has 2 heterocycles. The van der Waals surface area contributed by atoms with E-state index in [1.807, 2.05) is 18.2 Å². The topological polar surface area (TPSA) is 68.7 Å². The molecule has 3 rings (SSSR count). The lowest BCUT2D eigenvalue weighted by Crippen LogP contribution is -2.27. The predicted molar refractivity (Wildman–Crippen MR) is 80.3 cm³/mol. The number of carboxylic acids is 1. The molecule has 1 aromatic carbocycles. The number of pyridine rings is 1. The van der Waals surface area contributed by atoms with Crippen LogP contribution in [0.15, 0.2) is 29.4 Å². The summed E-state index contributed by atoms with van der Waals surface area (Å²) in [6.07, 6.45) is 1.68. The zero-order valence-electron chi connectivity index (χ0n) is 11.8. The Morgan fingerprint density at radius 3 is 2.62 bits per heavy atom. The number of carbonyl (C=O) groups is 1. The van der Waals surface area contributed by atoms with E-state index >= 15 is 0 Å². The summed E-state index contributed by atoms with van der Waals surface area (Å²) >= 11 is 1.23. The maximum absolute atomic E-state index is 11.3. The predicted octanol–water partition coefficient (Wildman–Crippen LogP) is 2.96. The van der Waals surface area contributed by atoms with Crippen LogP contribution in [0.2, 0.25) is 0 Å². The van der Waals surface area contributed by atoms with Crippen LogP contribution in [-0.4, -0.2) is 34.0 Å². The van der Waals surface area contributed by atoms with Crippen LogP contribution in [0.5, 0.6) is 11.5 Å². The molecule has 0 fully saturated rings. The molecule has 21 heavy (non-hydrogen) atoms. The number of aromatic nitrogens is 1. The molecular formula is C15H15NO4S. The van der Waals surface area contributed by atoms with Crippen LogP contribution in [0.3, 0.4) is 0 Å². The minimum absolute atomic E-state index is 0.516. The minimum atomic E-state index is -0.950. The van der Waals surface area contributed by atoms with Crippen molar-refractivity contribution in [3.05, 3.63) is 24.4 Å². The molecule has 0 spiro atoms. The third kappa shape index (κ3) is 2.63. The van der Waals surface area contributed by atoms with Crippen molar-refractivity contribution in [3.8, 4) is 11.5 Å². The van der Waals surface area contributed by atoms with Gasteiger partial charge in [-0.1, -0.05) is 11.8 Å². The first-order valence-electron chi connectivity index (χ1n) is 6.58. The van der Waals surface area contributed by atoms with E-state index in [0.717, 1.165) is 10.8 Å². The van der Waals surface area contributed by atoms with Gasteiger partial charge in [0.15, 0.2) is 11.5 Å². The van der Waals surface area contributed by atoms with E-state index < -0.39 is 10.7 Å². The van der Waals surface area contributed by atoms with Crippen molar-refractivity contribution in [2.75, 3.05) is 13.2 Å². The average molecular weight is 305 g/mol. The first-order chi connectivity index (χ1) is 9.97. The number of nitrogens with zero attached hydrogens (tertiary/aromatic N) is 1. The van der Waals surface area contributed by atoms with Gasteiger partial charge in [0, 0.05) is 11.6 Å². The van der Waals surface area contributed by atoms with Gasteiger partial charge in [-0.3, -0.25) is 4.79 Å². The van der Waals surface area contributed by atoms with Gasteiger partial charge in [-0.25, -0.2) is 4.98 Å². The Kier molecular flexibility index (Phi) is 3.41. The number of thioether (sulfide) groups is 1. The van der Waals surface area contributed by atoms with Gasteiger partial charge < -0.3 is 14.6 Å². The molecule has 5 nitrogen and oxygen atoms in total. The summed E-state index contributed by atoms with van der Waals surface area (Å²) in [6.45, 7) is 4.39. The number of fused-ring (bicyclic) bond motifs is 2. The van der Waals surface area contributed by atoms with Gasteiger partial charge in [-0.2, -0.15) is 0 Å². The van der Waals surface area contributed by atoms with Gasteiger partial charge in [0.05, 0.1) is 0 Å². The second-order valence-corrected chi connectivity index (χ2v) is 6.86. The maximum Gasteiger partial charge on any atom is 0.319 e. The molecule has 1 N–H and O–H groups in total. The molecule has 6 heteroatoms. The van der Waals surface area contributed by atoms with Gasteiger partial charge in [0.25, 0.3) is 0 Å². The maximum atomic E-state index is 11.3. The van der Waals surface area contributed by atoms with Gasteiger partial charge >= 0.3 is 5.97 Å². The van der Waals surface area contributed by atoms with E-state index in [2.05, 4.69) is 4.98 Å². The van der Waals surface area contributed by atoms with Crippen LogP contribution in [0.1, 0.15) is 13.8 Å². The van der Waals surface area contributed by atoms with E-state index in [9.17, 15) is 9.90 Å². The number of hydrogen-bond acceptors (Lipinski definition) is 5. The van der Waals surface area contributed by atoms with Crippen LogP contribution in [-0.2, 0) is 4.79 Å². The lowest BCUT2D eigenvalue weighted by Gasteiger charge is -2.21. The summed E-state index contributed by atoms with van der Waals surface area (Å²) in [5.41, 5.74) is 0. The molecule has 110 valence electrons. The molecule has 0 saturated carbocycles. The van der Waals surface area contributed by atoms with Crippen molar-refractivity contribution in [2.45, 2.75) is 23.6 Å². The van der Waals surface area contributed by atoms with Crippen molar-refractivity contribution < 1.29 is 19.4 Å². The number of benzene rings is 1. The smallest absolute Gasteiger partial charge is 0.319 e. The monoisotopic (exact) mass is 305 g/mol.